The second-order valence-corrected chi connectivity index (χ2v) is 5.77. The fourth-order valence-electron chi connectivity index (χ4n) is 2.21. The van der Waals surface area contributed by atoms with Crippen LogP contribution in [0.25, 0.3) is 5.69 Å². The molecule has 122 valence electrons. The molecule has 3 rings (SSSR count). The predicted molar refractivity (Wildman–Crippen MR) is 90.1 cm³/mol. The first-order valence-corrected chi connectivity index (χ1v) is 7.60. The normalized spacial score (nSPS) is 10.7. The molecule has 1 amide bonds. The predicted octanol–water partition coefficient (Wildman–Crippen LogP) is 5.31. The van der Waals surface area contributed by atoms with Crippen LogP contribution in [-0.4, -0.2) is 10.5 Å². The van der Waals surface area contributed by atoms with Crippen molar-refractivity contribution in [1.29, 1.82) is 0 Å². The fourth-order valence-corrected chi connectivity index (χ4v) is 2.89. The highest BCUT2D eigenvalue weighted by molar-refractivity contribution is 6.38. The molecule has 3 aromatic rings. The van der Waals surface area contributed by atoms with Gasteiger partial charge in [0.25, 0.3) is 5.91 Å². The van der Waals surface area contributed by atoms with Gasteiger partial charge in [0.1, 0.15) is 11.6 Å². The zero-order chi connectivity index (χ0) is 17.3. The van der Waals surface area contributed by atoms with E-state index in [9.17, 15) is 13.6 Å². The largest absolute Gasteiger partial charge is 0.321 e. The molecule has 0 saturated carbocycles. The smallest absolute Gasteiger partial charge is 0.255 e. The van der Waals surface area contributed by atoms with Gasteiger partial charge in [0.05, 0.1) is 21.4 Å². The van der Waals surface area contributed by atoms with Gasteiger partial charge in [-0.1, -0.05) is 23.2 Å². The van der Waals surface area contributed by atoms with E-state index >= 15 is 0 Å². The number of hydrogen-bond donors (Lipinski definition) is 1. The molecule has 0 radical (unpaired) electrons. The zero-order valence-electron chi connectivity index (χ0n) is 12.1. The van der Waals surface area contributed by atoms with Gasteiger partial charge in [0.15, 0.2) is 0 Å². The van der Waals surface area contributed by atoms with Gasteiger partial charge < -0.3 is 9.88 Å². The van der Waals surface area contributed by atoms with Crippen LogP contribution in [0.15, 0.2) is 54.9 Å². The lowest BCUT2D eigenvalue weighted by Gasteiger charge is -2.12. The number of benzene rings is 2. The maximum atomic E-state index is 13.6. The van der Waals surface area contributed by atoms with Crippen molar-refractivity contribution in [3.8, 4) is 5.69 Å². The second-order valence-electron chi connectivity index (χ2n) is 4.96. The van der Waals surface area contributed by atoms with E-state index in [1.54, 1.807) is 17.0 Å². The summed E-state index contributed by atoms with van der Waals surface area (Å²) in [5.74, 6) is -2.21. The summed E-state index contributed by atoms with van der Waals surface area (Å²) < 4.78 is 28.2. The quantitative estimate of drug-likeness (QED) is 0.669. The number of amides is 1. The minimum absolute atomic E-state index is 0.136. The van der Waals surface area contributed by atoms with Crippen molar-refractivity contribution in [2.75, 3.05) is 5.32 Å². The minimum atomic E-state index is -0.871. The van der Waals surface area contributed by atoms with Gasteiger partial charge in [-0.3, -0.25) is 4.79 Å². The van der Waals surface area contributed by atoms with Crippen LogP contribution in [0.3, 0.4) is 0 Å². The number of halogens is 4. The van der Waals surface area contributed by atoms with Gasteiger partial charge >= 0.3 is 0 Å². The number of nitrogens with one attached hydrogen (secondary N) is 1. The molecular formula is C17H10Cl2F2N2O. The van der Waals surface area contributed by atoms with Gasteiger partial charge in [0, 0.05) is 24.0 Å². The van der Waals surface area contributed by atoms with Crippen LogP contribution in [0.1, 0.15) is 10.4 Å². The summed E-state index contributed by atoms with van der Waals surface area (Å²) in [5.41, 5.74) is 0.556. The Balaban J connectivity index is 1.91. The van der Waals surface area contributed by atoms with Crippen molar-refractivity contribution < 1.29 is 13.6 Å². The second kappa shape index (κ2) is 6.63. The number of nitrogens with zero attached hydrogens (tertiary/aromatic N) is 1. The molecule has 0 unspecified atom stereocenters. The first-order valence-electron chi connectivity index (χ1n) is 6.84. The highest BCUT2D eigenvalue weighted by Gasteiger charge is 2.15. The lowest BCUT2D eigenvalue weighted by Crippen LogP contribution is -2.13. The number of rotatable bonds is 3. The van der Waals surface area contributed by atoms with Crippen LogP contribution in [0.5, 0.6) is 0 Å². The van der Waals surface area contributed by atoms with E-state index in [4.69, 9.17) is 23.2 Å². The molecule has 0 aliphatic heterocycles. The summed E-state index contributed by atoms with van der Waals surface area (Å²) in [6.45, 7) is 0. The molecular weight excluding hydrogens is 357 g/mol. The molecule has 0 bridgehead atoms. The topological polar surface area (TPSA) is 34.0 Å². The SMILES string of the molecule is O=C(Nc1ccc(F)cc1F)c1cc(Cl)c(-n2cccc2)c(Cl)c1. The van der Waals surface area contributed by atoms with Crippen molar-refractivity contribution in [3.63, 3.8) is 0 Å². The minimum Gasteiger partial charge on any atom is -0.321 e. The van der Waals surface area contributed by atoms with E-state index in [0.29, 0.717) is 11.8 Å². The summed E-state index contributed by atoms with van der Waals surface area (Å²) in [7, 11) is 0. The fraction of sp³-hybridized carbons (Fsp3) is 0. The van der Waals surface area contributed by atoms with Crippen molar-refractivity contribution >= 4 is 34.8 Å². The number of anilines is 1. The Morgan fingerprint density at radius 2 is 1.62 bits per heavy atom. The standard InChI is InChI=1S/C17H10Cl2F2N2O/c18-12-7-10(8-13(19)16(12)23-5-1-2-6-23)17(24)22-15-4-3-11(20)9-14(15)21/h1-9H,(H,22,24). The van der Waals surface area contributed by atoms with E-state index in [1.165, 1.54) is 12.1 Å². The molecule has 1 aromatic heterocycles. The van der Waals surface area contributed by atoms with E-state index in [2.05, 4.69) is 5.32 Å². The Bertz CT molecular complexity index is 888. The molecule has 0 aliphatic rings. The summed E-state index contributed by atoms with van der Waals surface area (Å²) in [4.78, 5) is 12.3. The third-order valence-electron chi connectivity index (χ3n) is 3.32. The van der Waals surface area contributed by atoms with Crippen LogP contribution in [0.2, 0.25) is 10.0 Å². The monoisotopic (exact) mass is 366 g/mol. The van der Waals surface area contributed by atoms with Crippen LogP contribution in [-0.2, 0) is 0 Å². The van der Waals surface area contributed by atoms with Gasteiger partial charge in [-0.25, -0.2) is 8.78 Å². The van der Waals surface area contributed by atoms with E-state index < -0.39 is 17.5 Å². The Morgan fingerprint density at radius 1 is 1.00 bits per heavy atom. The van der Waals surface area contributed by atoms with E-state index in [-0.39, 0.29) is 21.3 Å². The van der Waals surface area contributed by atoms with Crippen molar-refractivity contribution in [2.45, 2.75) is 0 Å². The molecule has 0 saturated heterocycles. The van der Waals surface area contributed by atoms with Crippen molar-refractivity contribution in [3.05, 3.63) is 82.1 Å². The Morgan fingerprint density at radius 3 is 2.21 bits per heavy atom. The molecule has 0 fully saturated rings. The molecule has 7 heteroatoms. The Hall–Kier alpha value is -2.37. The van der Waals surface area contributed by atoms with Crippen LogP contribution < -0.4 is 5.32 Å². The molecule has 0 aliphatic carbocycles. The summed E-state index contributed by atoms with van der Waals surface area (Å²) >= 11 is 12.4. The summed E-state index contributed by atoms with van der Waals surface area (Å²) in [5, 5.41) is 2.89. The van der Waals surface area contributed by atoms with Gasteiger partial charge in [0.2, 0.25) is 0 Å². The molecule has 0 atom stereocenters. The zero-order valence-corrected chi connectivity index (χ0v) is 13.6. The number of carbonyl (C=O) groups is 1. The first kappa shape index (κ1) is 16.5. The maximum absolute atomic E-state index is 13.6. The average molecular weight is 367 g/mol. The first-order chi connectivity index (χ1) is 11.5. The summed E-state index contributed by atoms with van der Waals surface area (Å²) in [6, 6.07) is 9.35. The van der Waals surface area contributed by atoms with E-state index in [0.717, 1.165) is 12.1 Å². The molecule has 0 spiro atoms. The van der Waals surface area contributed by atoms with Crippen molar-refractivity contribution in [2.24, 2.45) is 0 Å². The molecule has 24 heavy (non-hydrogen) atoms. The highest BCUT2D eigenvalue weighted by atomic mass is 35.5. The molecule has 1 heterocycles. The Kier molecular flexibility index (Phi) is 4.55. The lowest BCUT2D eigenvalue weighted by atomic mass is 10.1. The van der Waals surface area contributed by atoms with Gasteiger partial charge in [-0.05, 0) is 36.4 Å². The van der Waals surface area contributed by atoms with Gasteiger partial charge in [-0.15, -0.1) is 0 Å². The average Bonchev–Trinajstić information content (AvgIpc) is 3.03. The molecule has 3 nitrogen and oxygen atoms in total. The highest BCUT2D eigenvalue weighted by Crippen LogP contribution is 2.30. The van der Waals surface area contributed by atoms with Crippen LogP contribution in [0, 0.1) is 11.6 Å². The number of carbonyl (C=O) groups excluding carboxylic acids is 1. The molecule has 1 N–H and O–H groups in total. The number of aromatic nitrogens is 1. The van der Waals surface area contributed by atoms with Crippen LogP contribution >= 0.6 is 23.2 Å². The number of hydrogen-bond acceptors (Lipinski definition) is 1. The van der Waals surface area contributed by atoms with Crippen molar-refractivity contribution in [1.82, 2.24) is 4.57 Å². The third-order valence-corrected chi connectivity index (χ3v) is 3.90. The lowest BCUT2D eigenvalue weighted by molar-refractivity contribution is 0.102. The Labute approximate surface area is 146 Å². The maximum Gasteiger partial charge on any atom is 0.255 e. The van der Waals surface area contributed by atoms with Gasteiger partial charge in [-0.2, -0.15) is 0 Å². The van der Waals surface area contributed by atoms with Crippen LogP contribution in [0.4, 0.5) is 14.5 Å². The molecule has 2 aromatic carbocycles. The van der Waals surface area contributed by atoms with E-state index in [1.807, 2.05) is 12.1 Å². The summed E-state index contributed by atoms with van der Waals surface area (Å²) in [6.07, 6.45) is 3.53. The third kappa shape index (κ3) is 3.27.